The van der Waals surface area contributed by atoms with Gasteiger partial charge in [-0.1, -0.05) is 45.2 Å². The van der Waals surface area contributed by atoms with Crippen LogP contribution in [0.2, 0.25) is 0 Å². The van der Waals surface area contributed by atoms with Gasteiger partial charge in [-0.3, -0.25) is 9.63 Å². The van der Waals surface area contributed by atoms with Crippen LogP contribution in [0.25, 0.3) is 0 Å². The quantitative estimate of drug-likeness (QED) is 0.199. The lowest BCUT2D eigenvalue weighted by atomic mass is 10.0. The van der Waals surface area contributed by atoms with E-state index in [2.05, 4.69) is 6.92 Å². The number of hydrogen-bond donors (Lipinski definition) is 0. The van der Waals surface area contributed by atoms with Crippen LogP contribution in [0.5, 0.6) is 0 Å². The van der Waals surface area contributed by atoms with Gasteiger partial charge in [0, 0.05) is 6.42 Å². The molecular formula is C24H34F3NO6. The van der Waals surface area contributed by atoms with Gasteiger partial charge in [0.05, 0.1) is 25.5 Å². The number of halogens is 3. The molecule has 0 saturated heterocycles. The molecule has 1 atom stereocenters. The van der Waals surface area contributed by atoms with E-state index in [9.17, 15) is 27.6 Å². The van der Waals surface area contributed by atoms with Crippen LogP contribution < -0.4 is 5.06 Å². The molecule has 192 valence electrons. The number of carbonyl (C=O) groups is 3. The highest BCUT2D eigenvalue weighted by Crippen LogP contribution is 2.24. The molecule has 0 spiro atoms. The molecule has 0 fully saturated rings. The van der Waals surface area contributed by atoms with Crippen LogP contribution >= 0.6 is 0 Å². The number of ketones is 1. The number of nitrogens with zero attached hydrogens (tertiary/aromatic N) is 1. The molecule has 10 heteroatoms. The fraction of sp³-hybridized carbons (Fsp3) is 0.625. The minimum atomic E-state index is -4.93. The Morgan fingerprint density at radius 1 is 0.941 bits per heavy atom. The second kappa shape index (κ2) is 14.6. The van der Waals surface area contributed by atoms with Crippen LogP contribution in [-0.2, 0) is 35.1 Å². The van der Waals surface area contributed by atoms with Gasteiger partial charge in [-0.2, -0.15) is 13.2 Å². The Morgan fingerprint density at radius 2 is 1.50 bits per heavy atom. The van der Waals surface area contributed by atoms with E-state index in [4.69, 9.17) is 14.3 Å². The summed E-state index contributed by atoms with van der Waals surface area (Å²) >= 11 is 0. The molecule has 0 bridgehead atoms. The number of anilines is 1. The normalized spacial score (nSPS) is 12.4. The summed E-state index contributed by atoms with van der Waals surface area (Å²) in [6, 6.07) is 3.84. The average Bonchev–Trinajstić information content (AvgIpc) is 2.78. The first-order chi connectivity index (χ1) is 16.1. The molecule has 7 nitrogen and oxygen atoms in total. The molecule has 0 heterocycles. The average molecular weight is 490 g/mol. The number of Topliss-reactive ketones (excluding diaryl/α,β-unsaturated/α-hetero) is 1. The number of alkyl halides is 3. The van der Waals surface area contributed by atoms with Crippen LogP contribution in [0.3, 0.4) is 0 Å². The van der Waals surface area contributed by atoms with Crippen molar-refractivity contribution in [1.29, 1.82) is 0 Å². The Labute approximate surface area is 198 Å². The molecule has 1 unspecified atom stereocenters. The van der Waals surface area contributed by atoms with Crippen molar-refractivity contribution in [3.05, 3.63) is 29.8 Å². The third kappa shape index (κ3) is 9.32. The van der Waals surface area contributed by atoms with Gasteiger partial charge in [0.15, 0.2) is 0 Å². The molecule has 1 rings (SSSR count). The zero-order valence-corrected chi connectivity index (χ0v) is 20.2. The van der Waals surface area contributed by atoms with E-state index in [1.165, 1.54) is 24.3 Å². The van der Waals surface area contributed by atoms with Crippen molar-refractivity contribution in [2.24, 2.45) is 5.92 Å². The standard InChI is InChI=1S/C24H34F3NO6/c1-5-9-10-17(6-2)16-34-28(21(22(30)32-7-3)23(31)33-8-4)19-13-11-18(12-14-19)15-20(29)24(25,26)27/h11-14,17,21H,5-10,15-16H2,1-4H3. The zero-order chi connectivity index (χ0) is 25.7. The summed E-state index contributed by atoms with van der Waals surface area (Å²) in [6.07, 6.45) is -2.05. The summed E-state index contributed by atoms with van der Waals surface area (Å²) in [4.78, 5) is 42.6. The van der Waals surface area contributed by atoms with Crippen LogP contribution in [0, 0.1) is 5.92 Å². The minimum absolute atomic E-state index is 0.0230. The molecule has 1 aromatic carbocycles. The van der Waals surface area contributed by atoms with Crippen molar-refractivity contribution in [2.45, 2.75) is 72.0 Å². The number of ether oxygens (including phenoxy) is 2. The highest BCUT2D eigenvalue weighted by atomic mass is 19.4. The van der Waals surface area contributed by atoms with Crippen molar-refractivity contribution in [3.63, 3.8) is 0 Å². The number of carbonyl (C=O) groups excluding carboxylic acids is 3. The summed E-state index contributed by atoms with van der Waals surface area (Å²) < 4.78 is 47.9. The van der Waals surface area contributed by atoms with Crippen molar-refractivity contribution >= 4 is 23.4 Å². The number of hydrogen-bond acceptors (Lipinski definition) is 7. The van der Waals surface area contributed by atoms with Gasteiger partial charge >= 0.3 is 18.1 Å². The van der Waals surface area contributed by atoms with E-state index in [1.807, 2.05) is 6.92 Å². The van der Waals surface area contributed by atoms with Gasteiger partial charge in [-0.25, -0.2) is 14.7 Å². The van der Waals surface area contributed by atoms with Crippen molar-refractivity contribution in [1.82, 2.24) is 0 Å². The van der Waals surface area contributed by atoms with E-state index in [-0.39, 0.29) is 37.0 Å². The molecule has 0 aliphatic carbocycles. The van der Waals surface area contributed by atoms with Crippen LogP contribution in [0.1, 0.15) is 58.9 Å². The smallest absolute Gasteiger partial charge is 0.450 e. The second-order valence-corrected chi connectivity index (χ2v) is 7.71. The predicted octanol–water partition coefficient (Wildman–Crippen LogP) is 4.81. The van der Waals surface area contributed by atoms with Crippen molar-refractivity contribution < 1.29 is 41.9 Å². The molecule has 0 amide bonds. The lowest BCUT2D eigenvalue weighted by Crippen LogP contribution is -2.49. The monoisotopic (exact) mass is 489 g/mol. The number of esters is 2. The summed E-state index contributed by atoms with van der Waals surface area (Å²) in [6.45, 7) is 7.52. The summed E-state index contributed by atoms with van der Waals surface area (Å²) in [5.41, 5.74) is 0.365. The molecule has 0 radical (unpaired) electrons. The van der Waals surface area contributed by atoms with E-state index in [1.54, 1.807) is 13.8 Å². The molecule has 0 aliphatic heterocycles. The molecule has 0 saturated carbocycles. The highest BCUT2D eigenvalue weighted by molar-refractivity contribution is 6.02. The molecule has 1 aromatic rings. The largest absolute Gasteiger partial charge is 0.464 e. The van der Waals surface area contributed by atoms with Gasteiger partial charge in [0.25, 0.3) is 0 Å². The SMILES string of the molecule is CCCCC(CC)CON(c1ccc(CC(=O)C(F)(F)F)cc1)C(C(=O)OCC)C(=O)OCC. The highest BCUT2D eigenvalue weighted by Gasteiger charge is 2.39. The lowest BCUT2D eigenvalue weighted by Gasteiger charge is -2.31. The first kappa shape index (κ1) is 29.4. The maximum absolute atomic E-state index is 12.7. The maximum atomic E-state index is 12.7. The maximum Gasteiger partial charge on any atom is 0.450 e. The number of unbranched alkanes of at least 4 members (excludes halogenated alkanes) is 1. The Bertz CT molecular complexity index is 764. The fourth-order valence-electron chi connectivity index (χ4n) is 3.16. The molecule has 0 N–H and O–H groups in total. The van der Waals surface area contributed by atoms with Crippen LogP contribution in [0.4, 0.5) is 18.9 Å². The van der Waals surface area contributed by atoms with Gasteiger partial charge in [0.2, 0.25) is 11.8 Å². The number of rotatable bonds is 15. The van der Waals surface area contributed by atoms with Gasteiger partial charge in [-0.15, -0.1) is 0 Å². The van der Waals surface area contributed by atoms with E-state index in [0.29, 0.717) is 0 Å². The third-order valence-electron chi connectivity index (χ3n) is 5.12. The first-order valence-electron chi connectivity index (χ1n) is 11.5. The van der Waals surface area contributed by atoms with Gasteiger partial charge < -0.3 is 9.47 Å². The Kier molecular flexibility index (Phi) is 12.6. The van der Waals surface area contributed by atoms with Crippen molar-refractivity contribution in [3.8, 4) is 0 Å². The molecule has 34 heavy (non-hydrogen) atoms. The van der Waals surface area contributed by atoms with Crippen LogP contribution in [-0.4, -0.2) is 49.8 Å². The summed E-state index contributed by atoms with van der Waals surface area (Å²) in [5.74, 6) is -3.46. The number of benzene rings is 1. The Morgan fingerprint density at radius 3 is 1.94 bits per heavy atom. The van der Waals surface area contributed by atoms with Gasteiger partial charge in [-0.05, 0) is 43.9 Å². The summed E-state index contributed by atoms with van der Waals surface area (Å²) in [7, 11) is 0. The van der Waals surface area contributed by atoms with Crippen LogP contribution in [0.15, 0.2) is 24.3 Å². The van der Waals surface area contributed by atoms with E-state index >= 15 is 0 Å². The fourth-order valence-corrected chi connectivity index (χ4v) is 3.16. The zero-order valence-electron chi connectivity index (χ0n) is 20.2. The number of hydroxylamine groups is 1. The van der Waals surface area contributed by atoms with Crippen molar-refractivity contribution in [2.75, 3.05) is 24.9 Å². The molecule has 0 aromatic heterocycles. The Hall–Kier alpha value is -2.62. The predicted molar refractivity (Wildman–Crippen MR) is 120 cm³/mol. The molecule has 0 aliphatic rings. The first-order valence-corrected chi connectivity index (χ1v) is 11.5. The van der Waals surface area contributed by atoms with E-state index < -0.39 is 36.4 Å². The Balaban J connectivity index is 3.26. The van der Waals surface area contributed by atoms with Gasteiger partial charge in [0.1, 0.15) is 0 Å². The topological polar surface area (TPSA) is 82.1 Å². The molecular weight excluding hydrogens is 455 g/mol. The lowest BCUT2D eigenvalue weighted by molar-refractivity contribution is -0.170. The summed E-state index contributed by atoms with van der Waals surface area (Å²) in [5, 5.41) is 1.08. The van der Waals surface area contributed by atoms with E-state index in [0.717, 1.165) is 30.7 Å². The third-order valence-corrected chi connectivity index (χ3v) is 5.12. The minimum Gasteiger partial charge on any atom is -0.464 e. The second-order valence-electron chi connectivity index (χ2n) is 7.71.